The Morgan fingerprint density at radius 1 is 1.29 bits per heavy atom. The van der Waals surface area contributed by atoms with Gasteiger partial charge in [-0.15, -0.1) is 0 Å². The molecule has 0 aromatic heterocycles. The zero-order valence-corrected chi connectivity index (χ0v) is 13.4. The van der Waals surface area contributed by atoms with E-state index in [4.69, 9.17) is 10.2 Å². The molecule has 0 bridgehead atoms. The molecule has 0 unspecified atom stereocenters. The summed E-state index contributed by atoms with van der Waals surface area (Å²) in [6.45, 7) is 0. The molecule has 1 rings (SSSR count). The Hall–Kier alpha value is -1.84. The number of anilines is 1. The van der Waals surface area contributed by atoms with Crippen molar-refractivity contribution in [2.45, 2.75) is 18.9 Å². The van der Waals surface area contributed by atoms with Crippen LogP contribution in [0.3, 0.4) is 0 Å². The summed E-state index contributed by atoms with van der Waals surface area (Å²) in [5.41, 5.74) is 1.17. The number of halogens is 1. The van der Waals surface area contributed by atoms with Gasteiger partial charge in [0.25, 0.3) is 5.91 Å². The molecule has 0 radical (unpaired) electrons. The Morgan fingerprint density at radius 3 is 2.43 bits per heavy atom. The zero-order chi connectivity index (χ0) is 16.0. The molecule has 0 saturated carbocycles. The molecule has 1 amide bonds. The lowest BCUT2D eigenvalue weighted by Crippen LogP contribution is -2.41. The predicted octanol–water partition coefficient (Wildman–Crippen LogP) is 1.38. The van der Waals surface area contributed by atoms with E-state index in [1.807, 2.05) is 0 Å². The third kappa shape index (κ3) is 5.21. The van der Waals surface area contributed by atoms with Crippen molar-refractivity contribution in [3.8, 4) is 0 Å². The van der Waals surface area contributed by atoms with E-state index in [-0.39, 0.29) is 12.8 Å². The van der Waals surface area contributed by atoms with Crippen LogP contribution in [0.5, 0.6) is 0 Å². The van der Waals surface area contributed by atoms with Gasteiger partial charge in [-0.1, -0.05) is 0 Å². The molecule has 114 valence electrons. The number of carbonyl (C=O) groups is 3. The lowest BCUT2D eigenvalue weighted by Gasteiger charge is -2.14. The maximum Gasteiger partial charge on any atom is 0.326 e. The van der Waals surface area contributed by atoms with Gasteiger partial charge in [0.2, 0.25) is 0 Å². The van der Waals surface area contributed by atoms with Crippen LogP contribution in [0.25, 0.3) is 0 Å². The quantitative estimate of drug-likeness (QED) is 0.509. The van der Waals surface area contributed by atoms with Gasteiger partial charge in [0.05, 0.1) is 0 Å². The number of nitrogens with one attached hydrogen (secondary N) is 2. The minimum Gasteiger partial charge on any atom is -0.481 e. The van der Waals surface area contributed by atoms with E-state index in [1.165, 1.54) is 0 Å². The Balaban J connectivity index is 2.79. The standard InChI is InChI=1S/C13H15IN2O5/c1-15-9-3-2-7(6-8(9)14)12(19)16-10(13(20)21)4-5-11(17)18/h2-3,6,10,15H,4-5H2,1H3,(H,16,19)(H,17,18)(H,20,21)/t10-/m1/s1. The molecule has 21 heavy (non-hydrogen) atoms. The zero-order valence-electron chi connectivity index (χ0n) is 11.2. The van der Waals surface area contributed by atoms with Gasteiger partial charge in [-0.05, 0) is 47.2 Å². The Bertz CT molecular complexity index is 561. The number of amides is 1. The van der Waals surface area contributed by atoms with Crippen molar-refractivity contribution in [2.75, 3.05) is 12.4 Å². The molecule has 0 spiro atoms. The molecular formula is C13H15IN2O5. The maximum atomic E-state index is 12.0. The van der Waals surface area contributed by atoms with Gasteiger partial charge in [-0.3, -0.25) is 9.59 Å². The summed E-state index contributed by atoms with van der Waals surface area (Å²) in [5, 5.41) is 22.9. The number of benzene rings is 1. The van der Waals surface area contributed by atoms with Gasteiger partial charge in [-0.2, -0.15) is 0 Å². The van der Waals surface area contributed by atoms with Crippen LogP contribution in [0, 0.1) is 3.57 Å². The second-order valence-electron chi connectivity index (χ2n) is 4.24. The molecule has 1 aromatic rings. The number of rotatable bonds is 7. The normalized spacial score (nSPS) is 11.5. The molecule has 0 aliphatic rings. The fourth-order valence-corrected chi connectivity index (χ4v) is 2.41. The molecule has 0 heterocycles. The monoisotopic (exact) mass is 406 g/mol. The van der Waals surface area contributed by atoms with Crippen molar-refractivity contribution < 1.29 is 24.6 Å². The molecule has 7 nitrogen and oxygen atoms in total. The number of carbonyl (C=O) groups excluding carboxylic acids is 1. The van der Waals surface area contributed by atoms with Gasteiger partial charge >= 0.3 is 11.9 Å². The number of hydrogen-bond acceptors (Lipinski definition) is 4. The van der Waals surface area contributed by atoms with Crippen LogP contribution in [0.1, 0.15) is 23.2 Å². The first-order valence-electron chi connectivity index (χ1n) is 6.08. The van der Waals surface area contributed by atoms with E-state index in [0.717, 1.165) is 9.26 Å². The summed E-state index contributed by atoms with van der Waals surface area (Å²) in [6.07, 6.45) is -0.491. The molecule has 1 aromatic carbocycles. The van der Waals surface area contributed by atoms with Crippen molar-refractivity contribution in [3.63, 3.8) is 0 Å². The van der Waals surface area contributed by atoms with Crippen molar-refractivity contribution in [3.05, 3.63) is 27.3 Å². The highest BCUT2D eigenvalue weighted by Gasteiger charge is 2.21. The van der Waals surface area contributed by atoms with Crippen LogP contribution in [0.15, 0.2) is 18.2 Å². The minimum absolute atomic E-state index is 0.165. The predicted molar refractivity (Wildman–Crippen MR) is 84.5 cm³/mol. The van der Waals surface area contributed by atoms with Crippen molar-refractivity contribution in [2.24, 2.45) is 0 Å². The number of carboxylic acid groups (broad SMARTS) is 2. The third-order valence-corrected chi connectivity index (χ3v) is 3.64. The van der Waals surface area contributed by atoms with Crippen LogP contribution in [-0.2, 0) is 9.59 Å². The number of hydrogen-bond donors (Lipinski definition) is 4. The summed E-state index contributed by atoms with van der Waals surface area (Å²) < 4.78 is 0.820. The molecule has 0 fully saturated rings. The highest BCUT2D eigenvalue weighted by Crippen LogP contribution is 2.19. The average Bonchev–Trinajstić information content (AvgIpc) is 2.42. The van der Waals surface area contributed by atoms with Crippen molar-refractivity contribution in [1.29, 1.82) is 0 Å². The molecule has 8 heteroatoms. The van der Waals surface area contributed by atoms with Crippen LogP contribution >= 0.6 is 22.6 Å². The maximum absolute atomic E-state index is 12.0. The smallest absolute Gasteiger partial charge is 0.326 e. The Morgan fingerprint density at radius 2 is 1.95 bits per heavy atom. The van der Waals surface area contributed by atoms with Crippen molar-refractivity contribution in [1.82, 2.24) is 5.32 Å². The molecular weight excluding hydrogens is 391 g/mol. The van der Waals surface area contributed by atoms with Crippen LogP contribution in [0.2, 0.25) is 0 Å². The first-order chi connectivity index (χ1) is 9.85. The van der Waals surface area contributed by atoms with Gasteiger partial charge in [0, 0.05) is 28.3 Å². The van der Waals surface area contributed by atoms with Crippen LogP contribution in [-0.4, -0.2) is 41.1 Å². The molecule has 4 N–H and O–H groups in total. The highest BCUT2D eigenvalue weighted by atomic mass is 127. The first kappa shape index (κ1) is 17.2. The first-order valence-corrected chi connectivity index (χ1v) is 7.15. The summed E-state index contributed by atoms with van der Waals surface area (Å²) in [6, 6.07) is 3.68. The largest absolute Gasteiger partial charge is 0.481 e. The van der Waals surface area contributed by atoms with E-state index in [0.29, 0.717) is 5.56 Å². The van der Waals surface area contributed by atoms with Gasteiger partial charge in [0.15, 0.2) is 0 Å². The van der Waals surface area contributed by atoms with Gasteiger partial charge in [0.1, 0.15) is 6.04 Å². The van der Waals surface area contributed by atoms with E-state index >= 15 is 0 Å². The van der Waals surface area contributed by atoms with Crippen molar-refractivity contribution >= 4 is 46.1 Å². The third-order valence-electron chi connectivity index (χ3n) is 2.75. The van der Waals surface area contributed by atoms with Gasteiger partial charge in [-0.25, -0.2) is 4.79 Å². The molecule has 0 aliphatic heterocycles. The summed E-state index contributed by atoms with van der Waals surface area (Å²) in [5.74, 6) is -2.91. The summed E-state index contributed by atoms with van der Waals surface area (Å²) >= 11 is 2.06. The lowest BCUT2D eigenvalue weighted by atomic mass is 10.1. The van der Waals surface area contributed by atoms with E-state index in [9.17, 15) is 14.4 Å². The Kier molecular flexibility index (Phi) is 6.40. The topological polar surface area (TPSA) is 116 Å². The highest BCUT2D eigenvalue weighted by molar-refractivity contribution is 14.1. The fraction of sp³-hybridized carbons (Fsp3) is 0.308. The summed E-state index contributed by atoms with van der Waals surface area (Å²) in [4.78, 5) is 33.5. The fourth-order valence-electron chi connectivity index (χ4n) is 1.63. The van der Waals surface area contributed by atoms with Crippen LogP contribution in [0.4, 0.5) is 5.69 Å². The number of aliphatic carboxylic acids is 2. The second-order valence-corrected chi connectivity index (χ2v) is 5.40. The SMILES string of the molecule is CNc1ccc(C(=O)N[C@H](CCC(=O)O)C(=O)O)cc1I. The summed E-state index contributed by atoms with van der Waals surface area (Å²) in [7, 11) is 1.75. The second kappa shape index (κ2) is 7.81. The minimum atomic E-state index is -1.26. The molecule has 1 atom stereocenters. The average molecular weight is 406 g/mol. The Labute approximate surface area is 134 Å². The number of carboxylic acids is 2. The lowest BCUT2D eigenvalue weighted by molar-refractivity contribution is -0.140. The molecule has 0 saturated heterocycles. The molecule has 0 aliphatic carbocycles. The van der Waals surface area contributed by atoms with Crippen LogP contribution < -0.4 is 10.6 Å². The van der Waals surface area contributed by atoms with Gasteiger partial charge < -0.3 is 20.8 Å². The van der Waals surface area contributed by atoms with E-state index in [2.05, 4.69) is 33.2 Å². The van der Waals surface area contributed by atoms with E-state index < -0.39 is 23.9 Å². The van der Waals surface area contributed by atoms with E-state index in [1.54, 1.807) is 25.2 Å².